The third-order valence-electron chi connectivity index (χ3n) is 5.70. The second-order valence-electron chi connectivity index (χ2n) is 8.75. The lowest BCUT2D eigenvalue weighted by Crippen LogP contribution is -2.42. The molecule has 2 atom stereocenters. The Morgan fingerprint density at radius 1 is 1.17 bits per heavy atom. The van der Waals surface area contributed by atoms with Crippen molar-refractivity contribution in [1.82, 2.24) is 9.21 Å². The summed E-state index contributed by atoms with van der Waals surface area (Å²) >= 11 is 3.51. The Morgan fingerprint density at radius 3 is 2.53 bits per heavy atom. The maximum atomic E-state index is 13.8. The van der Waals surface area contributed by atoms with E-state index in [0.29, 0.717) is 17.9 Å². The normalized spacial score (nSPS) is 19.6. The Kier molecular flexibility index (Phi) is 10.1. The number of unbranched alkanes of at least 4 members (excludes halogenated alkanes) is 1. The molecule has 172 valence electrons. The second kappa shape index (κ2) is 11.8. The van der Waals surface area contributed by atoms with Crippen LogP contribution in [0.4, 0.5) is 5.69 Å². The van der Waals surface area contributed by atoms with Crippen LogP contribution >= 0.6 is 15.9 Å². The first-order chi connectivity index (χ1) is 14.1. The largest absolute Gasteiger partial charge is 0.393 e. The third kappa shape index (κ3) is 7.19. The molecule has 1 aromatic rings. The molecule has 1 fully saturated rings. The molecule has 1 aliphatic rings. The molecular formula is C22H38BrN3O3S. The predicted octanol–water partition coefficient (Wildman–Crippen LogP) is 3.93. The van der Waals surface area contributed by atoms with E-state index >= 15 is 0 Å². The summed E-state index contributed by atoms with van der Waals surface area (Å²) in [5.41, 5.74) is 0.731. The van der Waals surface area contributed by atoms with Gasteiger partial charge in [0.25, 0.3) is 0 Å². The van der Waals surface area contributed by atoms with Gasteiger partial charge < -0.3 is 14.9 Å². The highest BCUT2D eigenvalue weighted by molar-refractivity contribution is 9.10. The molecule has 0 saturated carbocycles. The van der Waals surface area contributed by atoms with E-state index in [2.05, 4.69) is 39.8 Å². The number of halogens is 1. The molecule has 0 aliphatic carbocycles. The van der Waals surface area contributed by atoms with Crippen LogP contribution in [-0.4, -0.2) is 75.7 Å². The average molecular weight is 505 g/mol. The lowest BCUT2D eigenvalue weighted by molar-refractivity contribution is 0.147. The van der Waals surface area contributed by atoms with Gasteiger partial charge in [0.05, 0.1) is 11.8 Å². The van der Waals surface area contributed by atoms with E-state index in [1.807, 2.05) is 13.1 Å². The molecule has 6 nitrogen and oxygen atoms in total. The number of rotatable bonds is 10. The van der Waals surface area contributed by atoms with Gasteiger partial charge in [0.15, 0.2) is 0 Å². The summed E-state index contributed by atoms with van der Waals surface area (Å²) in [5.74, 6) is 0. The van der Waals surface area contributed by atoms with Gasteiger partial charge in [-0.1, -0.05) is 28.8 Å². The average Bonchev–Trinajstić information content (AvgIpc) is 2.90. The summed E-state index contributed by atoms with van der Waals surface area (Å²) in [6, 6.07) is 5.27. The Morgan fingerprint density at radius 2 is 1.87 bits per heavy atom. The summed E-state index contributed by atoms with van der Waals surface area (Å²) in [4.78, 5) is 4.57. The smallest absolute Gasteiger partial charge is 0.245 e. The van der Waals surface area contributed by atoms with Gasteiger partial charge in [0.2, 0.25) is 10.0 Å². The van der Waals surface area contributed by atoms with Crippen molar-refractivity contribution in [3.63, 3.8) is 0 Å². The molecule has 30 heavy (non-hydrogen) atoms. The first-order valence-electron chi connectivity index (χ1n) is 11.0. The highest BCUT2D eigenvalue weighted by atomic mass is 79.9. The number of hydrogen-bond donors (Lipinski definition) is 1. The van der Waals surface area contributed by atoms with Crippen molar-refractivity contribution in [3.05, 3.63) is 22.7 Å². The fourth-order valence-electron chi connectivity index (χ4n) is 4.13. The summed E-state index contributed by atoms with van der Waals surface area (Å²) in [7, 11) is 2.43. The molecule has 1 aromatic carbocycles. The number of nitrogens with zero attached hydrogens (tertiary/aromatic N) is 3. The molecule has 2 unspecified atom stereocenters. The maximum Gasteiger partial charge on any atom is 0.245 e. The van der Waals surface area contributed by atoms with Crippen LogP contribution in [0.1, 0.15) is 51.9 Å². The van der Waals surface area contributed by atoms with Crippen LogP contribution in [-0.2, 0) is 10.0 Å². The van der Waals surface area contributed by atoms with Gasteiger partial charge in [0, 0.05) is 30.7 Å². The van der Waals surface area contributed by atoms with E-state index in [9.17, 15) is 13.5 Å². The molecule has 0 radical (unpaired) electrons. The number of anilines is 1. The Balaban J connectivity index is 2.31. The maximum absolute atomic E-state index is 13.8. The van der Waals surface area contributed by atoms with Crippen molar-refractivity contribution in [2.24, 2.45) is 0 Å². The summed E-state index contributed by atoms with van der Waals surface area (Å²) in [6.07, 6.45) is 5.72. The molecule has 0 aromatic heterocycles. The van der Waals surface area contributed by atoms with Crippen LogP contribution in [0, 0.1) is 0 Å². The molecule has 1 aliphatic heterocycles. The number of aliphatic hydroxyl groups excluding tert-OH is 1. The van der Waals surface area contributed by atoms with Gasteiger partial charge >= 0.3 is 0 Å². The SMILES string of the molecule is CC(O)CC1CCCCCN1S(=O)(=O)c1ccc(Br)cc1N(C)CCCCN(C)C. The van der Waals surface area contributed by atoms with Crippen LogP contribution in [0.3, 0.4) is 0 Å². The van der Waals surface area contributed by atoms with Crippen molar-refractivity contribution >= 4 is 31.6 Å². The molecule has 8 heteroatoms. The zero-order valence-electron chi connectivity index (χ0n) is 18.8. The van der Waals surface area contributed by atoms with Gasteiger partial charge in [-0.05, 0) is 77.9 Å². The van der Waals surface area contributed by atoms with Crippen LogP contribution in [0.5, 0.6) is 0 Å². The van der Waals surface area contributed by atoms with E-state index < -0.39 is 16.1 Å². The second-order valence-corrected chi connectivity index (χ2v) is 11.5. The van der Waals surface area contributed by atoms with Crippen molar-refractivity contribution in [3.8, 4) is 0 Å². The number of aliphatic hydroxyl groups is 1. The Hall–Kier alpha value is -0.670. The van der Waals surface area contributed by atoms with Gasteiger partial charge in [-0.2, -0.15) is 4.31 Å². The van der Waals surface area contributed by atoms with E-state index in [4.69, 9.17) is 0 Å². The lowest BCUT2D eigenvalue weighted by atomic mass is 10.1. The fraction of sp³-hybridized carbons (Fsp3) is 0.727. The molecule has 0 amide bonds. The molecule has 1 N–H and O–H groups in total. The standard InChI is InChI=1S/C22H38BrN3O3S/c1-18(27)16-20-10-6-5-7-15-26(20)30(28,29)22-12-11-19(23)17-21(22)25(4)14-9-8-13-24(2)3/h11-12,17-18,20,27H,5-10,13-16H2,1-4H3. The molecule has 0 bridgehead atoms. The van der Waals surface area contributed by atoms with Crippen molar-refractivity contribution in [2.45, 2.75) is 68.9 Å². The molecule has 0 spiro atoms. The Labute approximate surface area is 191 Å². The highest BCUT2D eigenvalue weighted by Gasteiger charge is 2.35. The topological polar surface area (TPSA) is 64.1 Å². The van der Waals surface area contributed by atoms with E-state index in [1.165, 1.54) is 0 Å². The highest BCUT2D eigenvalue weighted by Crippen LogP contribution is 2.34. The first kappa shape index (κ1) is 25.6. The Bertz CT molecular complexity index is 771. The van der Waals surface area contributed by atoms with Gasteiger partial charge in [0.1, 0.15) is 4.90 Å². The van der Waals surface area contributed by atoms with Crippen LogP contribution < -0.4 is 4.90 Å². The molecular weight excluding hydrogens is 466 g/mol. The number of benzene rings is 1. The summed E-state index contributed by atoms with van der Waals surface area (Å²) < 4.78 is 30.1. The van der Waals surface area contributed by atoms with Crippen molar-refractivity contribution in [2.75, 3.05) is 45.7 Å². The van der Waals surface area contributed by atoms with Crippen LogP contribution in [0.2, 0.25) is 0 Å². The minimum Gasteiger partial charge on any atom is -0.393 e. The van der Waals surface area contributed by atoms with Crippen LogP contribution in [0.25, 0.3) is 0 Å². The third-order valence-corrected chi connectivity index (χ3v) is 8.20. The monoisotopic (exact) mass is 503 g/mol. The summed E-state index contributed by atoms with van der Waals surface area (Å²) in [5, 5.41) is 9.95. The van der Waals surface area contributed by atoms with Crippen LogP contribution in [0.15, 0.2) is 27.6 Å². The van der Waals surface area contributed by atoms with E-state index in [-0.39, 0.29) is 6.04 Å². The fourth-order valence-corrected chi connectivity index (χ4v) is 6.40. The molecule has 2 rings (SSSR count). The minimum absolute atomic E-state index is 0.153. The van der Waals surface area contributed by atoms with Crippen molar-refractivity contribution in [1.29, 1.82) is 0 Å². The quantitative estimate of drug-likeness (QED) is 0.490. The van der Waals surface area contributed by atoms with E-state index in [1.54, 1.807) is 23.4 Å². The summed E-state index contributed by atoms with van der Waals surface area (Å²) in [6.45, 7) is 4.07. The lowest BCUT2D eigenvalue weighted by Gasteiger charge is -2.32. The van der Waals surface area contributed by atoms with Gasteiger partial charge in [-0.15, -0.1) is 0 Å². The molecule has 1 saturated heterocycles. The van der Waals surface area contributed by atoms with Crippen molar-refractivity contribution < 1.29 is 13.5 Å². The van der Waals surface area contributed by atoms with E-state index in [0.717, 1.165) is 61.8 Å². The molecule has 1 heterocycles. The predicted molar refractivity (Wildman–Crippen MR) is 128 cm³/mol. The first-order valence-corrected chi connectivity index (χ1v) is 13.2. The van der Waals surface area contributed by atoms with Gasteiger partial charge in [-0.3, -0.25) is 0 Å². The number of hydrogen-bond acceptors (Lipinski definition) is 5. The minimum atomic E-state index is -3.67. The zero-order valence-corrected chi connectivity index (χ0v) is 21.3. The van der Waals surface area contributed by atoms with Gasteiger partial charge in [-0.25, -0.2) is 8.42 Å². The number of sulfonamides is 1. The zero-order chi connectivity index (χ0) is 22.3.